The maximum Gasteiger partial charge on any atom is 0.189 e. The number of nitrogens with zero attached hydrogens (tertiary/aromatic N) is 3. The van der Waals surface area contributed by atoms with Gasteiger partial charge in [0.2, 0.25) is 0 Å². The van der Waals surface area contributed by atoms with Crippen LogP contribution in [0.4, 0.5) is 0 Å². The molecule has 1 fully saturated rings. The predicted molar refractivity (Wildman–Crippen MR) is 61.0 cm³/mol. The Bertz CT molecular complexity index is 427. The van der Waals surface area contributed by atoms with E-state index in [1.807, 2.05) is 0 Å². The van der Waals surface area contributed by atoms with Crippen LogP contribution in [0.5, 0.6) is 0 Å². The second-order valence-corrected chi connectivity index (χ2v) is 5.08. The van der Waals surface area contributed by atoms with Gasteiger partial charge in [-0.25, -0.2) is 15.0 Å². The Balaban J connectivity index is 1.96. The van der Waals surface area contributed by atoms with Gasteiger partial charge in [-0.15, -0.1) is 0 Å². The first-order valence-corrected chi connectivity index (χ1v) is 6.32. The summed E-state index contributed by atoms with van der Waals surface area (Å²) in [6.45, 7) is 0. The molecule has 1 aliphatic rings. The van der Waals surface area contributed by atoms with Crippen molar-refractivity contribution in [2.24, 2.45) is 0 Å². The Morgan fingerprint density at radius 3 is 2.67 bits per heavy atom. The SMILES string of the molecule is c1cnc2sc(C3CCCCC3)nc2n1. The molecular formula is C11H13N3S. The average molecular weight is 219 g/mol. The van der Waals surface area contributed by atoms with Crippen molar-refractivity contribution in [1.29, 1.82) is 0 Å². The maximum atomic E-state index is 4.58. The summed E-state index contributed by atoms with van der Waals surface area (Å²) >= 11 is 1.72. The minimum atomic E-state index is 0.666. The molecule has 0 amide bonds. The first-order chi connectivity index (χ1) is 7.43. The summed E-state index contributed by atoms with van der Waals surface area (Å²) in [5.41, 5.74) is 0.822. The number of rotatable bonds is 1. The predicted octanol–water partition coefficient (Wildman–Crippen LogP) is 3.13. The zero-order valence-corrected chi connectivity index (χ0v) is 9.33. The first kappa shape index (κ1) is 9.21. The van der Waals surface area contributed by atoms with Crippen LogP contribution in [0.3, 0.4) is 0 Å². The van der Waals surface area contributed by atoms with E-state index in [9.17, 15) is 0 Å². The molecule has 0 atom stereocenters. The highest BCUT2D eigenvalue weighted by molar-refractivity contribution is 7.18. The summed E-state index contributed by atoms with van der Waals surface area (Å²) in [7, 11) is 0. The van der Waals surface area contributed by atoms with E-state index >= 15 is 0 Å². The van der Waals surface area contributed by atoms with E-state index in [2.05, 4.69) is 15.0 Å². The molecule has 0 saturated heterocycles. The Kier molecular flexibility index (Phi) is 2.37. The van der Waals surface area contributed by atoms with Crippen molar-refractivity contribution in [3.63, 3.8) is 0 Å². The van der Waals surface area contributed by atoms with Gasteiger partial charge in [0.25, 0.3) is 0 Å². The minimum Gasteiger partial charge on any atom is -0.240 e. The molecule has 0 spiro atoms. The maximum absolute atomic E-state index is 4.58. The Morgan fingerprint density at radius 2 is 1.87 bits per heavy atom. The molecule has 2 heterocycles. The van der Waals surface area contributed by atoms with Crippen molar-refractivity contribution in [2.75, 3.05) is 0 Å². The van der Waals surface area contributed by atoms with E-state index in [1.165, 1.54) is 37.1 Å². The van der Waals surface area contributed by atoms with Crippen LogP contribution >= 0.6 is 11.3 Å². The topological polar surface area (TPSA) is 38.7 Å². The standard InChI is InChI=1S/C11H13N3S/c1-2-4-8(5-3-1)10-14-9-11(15-10)13-7-6-12-9/h6-8H,1-5H2. The van der Waals surface area contributed by atoms with E-state index < -0.39 is 0 Å². The largest absolute Gasteiger partial charge is 0.240 e. The Hall–Kier alpha value is -1.03. The second-order valence-electron chi connectivity index (χ2n) is 4.07. The van der Waals surface area contributed by atoms with Gasteiger partial charge in [0, 0.05) is 18.3 Å². The van der Waals surface area contributed by atoms with Crippen LogP contribution in [0.2, 0.25) is 0 Å². The van der Waals surface area contributed by atoms with E-state index in [4.69, 9.17) is 0 Å². The molecule has 0 radical (unpaired) electrons. The number of fused-ring (bicyclic) bond motifs is 1. The molecule has 4 heteroatoms. The quantitative estimate of drug-likeness (QED) is 0.739. The van der Waals surface area contributed by atoms with Crippen LogP contribution in [0.15, 0.2) is 12.4 Å². The lowest BCUT2D eigenvalue weighted by molar-refractivity contribution is 0.443. The molecule has 0 bridgehead atoms. The van der Waals surface area contributed by atoms with Crippen LogP contribution < -0.4 is 0 Å². The molecule has 2 aromatic rings. The molecule has 0 unspecified atom stereocenters. The van der Waals surface area contributed by atoms with E-state index in [1.54, 1.807) is 23.7 Å². The van der Waals surface area contributed by atoms with Crippen LogP contribution in [0, 0.1) is 0 Å². The summed E-state index contributed by atoms with van der Waals surface area (Å²) in [6, 6.07) is 0. The fourth-order valence-electron chi connectivity index (χ4n) is 2.22. The van der Waals surface area contributed by atoms with Crippen LogP contribution in [-0.2, 0) is 0 Å². The summed E-state index contributed by atoms with van der Waals surface area (Å²) in [6.07, 6.45) is 10.1. The number of hydrogen-bond donors (Lipinski definition) is 0. The molecule has 0 N–H and O–H groups in total. The van der Waals surface area contributed by atoms with E-state index in [0.717, 1.165) is 10.5 Å². The molecule has 2 aromatic heterocycles. The smallest absolute Gasteiger partial charge is 0.189 e. The second kappa shape index (κ2) is 3.85. The third-order valence-electron chi connectivity index (χ3n) is 3.02. The van der Waals surface area contributed by atoms with Gasteiger partial charge in [-0.1, -0.05) is 30.6 Å². The van der Waals surface area contributed by atoms with Gasteiger partial charge in [0.1, 0.15) is 5.01 Å². The van der Waals surface area contributed by atoms with Crippen molar-refractivity contribution in [3.05, 3.63) is 17.4 Å². The van der Waals surface area contributed by atoms with Crippen molar-refractivity contribution in [2.45, 2.75) is 38.0 Å². The van der Waals surface area contributed by atoms with Crippen molar-refractivity contribution >= 4 is 21.8 Å². The average Bonchev–Trinajstić information content (AvgIpc) is 2.74. The van der Waals surface area contributed by atoms with E-state index in [-0.39, 0.29) is 0 Å². The summed E-state index contributed by atoms with van der Waals surface area (Å²) < 4.78 is 0. The molecule has 3 rings (SSSR count). The van der Waals surface area contributed by atoms with Crippen LogP contribution in [0.1, 0.15) is 43.0 Å². The summed E-state index contributed by atoms with van der Waals surface area (Å²) in [5.74, 6) is 0.666. The molecule has 0 aliphatic heterocycles. The van der Waals surface area contributed by atoms with E-state index in [0.29, 0.717) is 5.92 Å². The van der Waals surface area contributed by atoms with Gasteiger partial charge >= 0.3 is 0 Å². The van der Waals surface area contributed by atoms with Gasteiger partial charge < -0.3 is 0 Å². The molecule has 15 heavy (non-hydrogen) atoms. The lowest BCUT2D eigenvalue weighted by Gasteiger charge is -2.18. The highest BCUT2D eigenvalue weighted by Gasteiger charge is 2.19. The summed E-state index contributed by atoms with van der Waals surface area (Å²) in [5, 5.41) is 1.25. The third-order valence-corrected chi connectivity index (χ3v) is 4.13. The molecular weight excluding hydrogens is 206 g/mol. The zero-order chi connectivity index (χ0) is 10.1. The third kappa shape index (κ3) is 1.74. The monoisotopic (exact) mass is 219 g/mol. The normalized spacial score (nSPS) is 18.4. The van der Waals surface area contributed by atoms with Gasteiger partial charge in [-0.3, -0.25) is 0 Å². The lowest BCUT2D eigenvalue weighted by atomic mass is 9.90. The first-order valence-electron chi connectivity index (χ1n) is 5.51. The molecule has 1 saturated carbocycles. The van der Waals surface area contributed by atoms with Crippen molar-refractivity contribution in [3.8, 4) is 0 Å². The fourth-order valence-corrected chi connectivity index (χ4v) is 3.25. The van der Waals surface area contributed by atoms with Crippen LogP contribution in [-0.4, -0.2) is 15.0 Å². The Labute approximate surface area is 92.6 Å². The number of hydrogen-bond acceptors (Lipinski definition) is 4. The molecule has 1 aliphatic carbocycles. The summed E-state index contributed by atoms with van der Waals surface area (Å²) in [4.78, 5) is 14.1. The molecule has 0 aromatic carbocycles. The fraction of sp³-hybridized carbons (Fsp3) is 0.545. The highest BCUT2D eigenvalue weighted by Crippen LogP contribution is 2.35. The molecule has 78 valence electrons. The van der Waals surface area contributed by atoms with Crippen LogP contribution in [0.25, 0.3) is 10.5 Å². The zero-order valence-electron chi connectivity index (χ0n) is 8.52. The Morgan fingerprint density at radius 1 is 1.07 bits per heavy atom. The van der Waals surface area contributed by atoms with Crippen molar-refractivity contribution < 1.29 is 0 Å². The molecule has 3 nitrogen and oxygen atoms in total. The number of aromatic nitrogens is 3. The number of thiazole rings is 1. The minimum absolute atomic E-state index is 0.666. The van der Waals surface area contributed by atoms with Gasteiger partial charge in [0.05, 0.1) is 0 Å². The van der Waals surface area contributed by atoms with Gasteiger partial charge in [-0.05, 0) is 12.8 Å². The lowest BCUT2D eigenvalue weighted by Crippen LogP contribution is -2.03. The highest BCUT2D eigenvalue weighted by atomic mass is 32.1. The van der Waals surface area contributed by atoms with Gasteiger partial charge in [0.15, 0.2) is 10.5 Å². The van der Waals surface area contributed by atoms with Crippen molar-refractivity contribution in [1.82, 2.24) is 15.0 Å². The van der Waals surface area contributed by atoms with Gasteiger partial charge in [-0.2, -0.15) is 0 Å².